The third-order valence-electron chi connectivity index (χ3n) is 0.977. The maximum Gasteiger partial charge on any atom is 0.00525 e. The summed E-state index contributed by atoms with van der Waals surface area (Å²) in [6, 6.07) is 0. The lowest BCUT2D eigenvalue weighted by Crippen LogP contribution is -1.95. The van der Waals surface area contributed by atoms with Gasteiger partial charge in [-0.15, -0.1) is 0 Å². The van der Waals surface area contributed by atoms with Crippen molar-refractivity contribution >= 4 is 23.5 Å². The molecule has 0 heterocycles. The Labute approximate surface area is 60.8 Å². The predicted molar refractivity (Wildman–Crippen MR) is 45.7 cm³/mol. The van der Waals surface area contributed by atoms with E-state index in [1.165, 1.54) is 12.2 Å². The highest BCUT2D eigenvalue weighted by molar-refractivity contribution is 7.99. The molecule has 0 aromatic heterocycles. The van der Waals surface area contributed by atoms with Crippen molar-refractivity contribution in [3.8, 4) is 0 Å². The lowest BCUT2D eigenvalue weighted by Gasteiger charge is -2.03. The van der Waals surface area contributed by atoms with E-state index in [9.17, 15) is 0 Å². The molecule has 0 N–H and O–H groups in total. The Kier molecular flexibility index (Phi) is 6.34. The van der Waals surface area contributed by atoms with E-state index in [1.54, 1.807) is 0 Å². The van der Waals surface area contributed by atoms with Crippen LogP contribution in [0.25, 0.3) is 0 Å². The van der Waals surface area contributed by atoms with E-state index in [0.29, 0.717) is 5.25 Å². The summed E-state index contributed by atoms with van der Waals surface area (Å²) in [6.45, 7) is 3.94. The monoisotopic (exact) mass is 149 g/mol. The zero-order valence-corrected chi connectivity index (χ0v) is 7.15. The minimum Gasteiger partial charge on any atom is -0.165 e. The van der Waals surface area contributed by atoms with E-state index in [2.05, 4.69) is 19.4 Å². The maximum atomic E-state index is 3.94. The van der Waals surface area contributed by atoms with Crippen molar-refractivity contribution in [3.63, 3.8) is 0 Å². The van der Waals surface area contributed by atoms with E-state index in [1.807, 2.05) is 23.5 Å². The molecule has 0 spiro atoms. The van der Waals surface area contributed by atoms with Crippen molar-refractivity contribution in [2.45, 2.75) is 11.7 Å². The van der Waals surface area contributed by atoms with Crippen molar-refractivity contribution in [3.05, 3.63) is 6.92 Å². The van der Waals surface area contributed by atoms with Crippen LogP contribution in [-0.2, 0) is 0 Å². The number of hydrogen-bond donors (Lipinski definition) is 0. The summed E-state index contributed by atoms with van der Waals surface area (Å²) in [6.07, 6.45) is 5.48. The summed E-state index contributed by atoms with van der Waals surface area (Å²) in [4.78, 5) is 0. The highest BCUT2D eigenvalue weighted by atomic mass is 32.2. The molecule has 49 valence electrons. The Morgan fingerprint density at radius 2 is 2.12 bits per heavy atom. The minimum absolute atomic E-state index is 0.599. The Bertz CT molecular complexity index is 45.8. The van der Waals surface area contributed by atoms with Crippen LogP contribution >= 0.6 is 23.5 Å². The van der Waals surface area contributed by atoms with E-state index in [-0.39, 0.29) is 0 Å². The third-order valence-corrected chi connectivity index (χ3v) is 2.52. The quantitative estimate of drug-likeness (QED) is 0.601. The predicted octanol–water partition coefficient (Wildman–Crippen LogP) is 2.31. The molecule has 1 radical (unpaired) electrons. The number of thioether (sulfide) groups is 2. The molecule has 0 aromatic rings. The normalized spacial score (nSPS) is 13.9. The zero-order chi connectivity index (χ0) is 6.41. The number of hydrogen-bond acceptors (Lipinski definition) is 2. The van der Waals surface area contributed by atoms with Crippen LogP contribution in [0.4, 0.5) is 0 Å². The molecule has 0 nitrogen and oxygen atoms in total. The second-order valence-electron chi connectivity index (χ2n) is 1.64. The Hall–Kier alpha value is 0.700. The van der Waals surface area contributed by atoms with Crippen molar-refractivity contribution in [2.24, 2.45) is 0 Å². The average molecular weight is 149 g/mol. The molecule has 0 saturated carbocycles. The third kappa shape index (κ3) is 4.85. The molecule has 0 aliphatic rings. The van der Waals surface area contributed by atoms with E-state index in [0.717, 1.165) is 0 Å². The molecule has 2 heteroatoms. The van der Waals surface area contributed by atoms with Crippen LogP contribution in [0, 0.1) is 6.92 Å². The van der Waals surface area contributed by atoms with Crippen molar-refractivity contribution in [2.75, 3.05) is 18.3 Å². The largest absolute Gasteiger partial charge is 0.165 e. The first-order chi connectivity index (χ1) is 3.81. The van der Waals surface area contributed by atoms with Crippen molar-refractivity contribution < 1.29 is 0 Å². The molecule has 0 fully saturated rings. The van der Waals surface area contributed by atoms with Gasteiger partial charge in [-0.1, -0.05) is 0 Å². The van der Waals surface area contributed by atoms with Gasteiger partial charge in [0, 0.05) is 5.25 Å². The van der Waals surface area contributed by atoms with E-state index < -0.39 is 0 Å². The van der Waals surface area contributed by atoms with Gasteiger partial charge in [0.25, 0.3) is 0 Å². The Morgan fingerprint density at radius 1 is 1.50 bits per heavy atom. The van der Waals surface area contributed by atoms with Gasteiger partial charge in [0.1, 0.15) is 0 Å². The van der Waals surface area contributed by atoms with Gasteiger partial charge in [0.2, 0.25) is 0 Å². The highest BCUT2D eigenvalue weighted by Gasteiger charge is 1.95. The molecule has 1 atom stereocenters. The Morgan fingerprint density at radius 3 is 2.50 bits per heavy atom. The fraction of sp³-hybridized carbons (Fsp3) is 0.833. The van der Waals surface area contributed by atoms with Gasteiger partial charge >= 0.3 is 0 Å². The summed E-state index contributed by atoms with van der Waals surface area (Å²) in [5.74, 6) is 1.25. The minimum atomic E-state index is 0.599. The van der Waals surface area contributed by atoms with Gasteiger partial charge in [-0.3, -0.25) is 0 Å². The fourth-order valence-corrected chi connectivity index (χ4v) is 1.39. The zero-order valence-electron chi connectivity index (χ0n) is 5.52. The summed E-state index contributed by atoms with van der Waals surface area (Å²) in [5, 5.41) is 0.599. The van der Waals surface area contributed by atoms with Crippen LogP contribution in [0.2, 0.25) is 0 Å². The van der Waals surface area contributed by atoms with Crippen LogP contribution < -0.4 is 0 Å². The van der Waals surface area contributed by atoms with Gasteiger partial charge in [-0.2, -0.15) is 23.5 Å². The standard InChI is InChI=1S/C6H13S2/c1-6(8-3)4-5-7-2/h6H,1,4-5H2,2-3H3. The van der Waals surface area contributed by atoms with Crippen LogP contribution in [0.5, 0.6) is 0 Å². The molecule has 0 amide bonds. The summed E-state index contributed by atoms with van der Waals surface area (Å²) < 4.78 is 0. The molecule has 1 unspecified atom stereocenters. The van der Waals surface area contributed by atoms with Crippen LogP contribution in [-0.4, -0.2) is 23.5 Å². The van der Waals surface area contributed by atoms with Gasteiger partial charge < -0.3 is 0 Å². The Balaban J connectivity index is 2.86. The second-order valence-corrected chi connectivity index (χ2v) is 3.76. The lowest BCUT2D eigenvalue weighted by atomic mass is 10.4. The fourth-order valence-electron chi connectivity index (χ4n) is 0.367. The first kappa shape index (κ1) is 8.70. The summed E-state index contributed by atoms with van der Waals surface area (Å²) >= 11 is 3.73. The molecule has 0 aromatic carbocycles. The summed E-state index contributed by atoms with van der Waals surface area (Å²) in [7, 11) is 0. The van der Waals surface area contributed by atoms with Gasteiger partial charge in [0.15, 0.2) is 0 Å². The van der Waals surface area contributed by atoms with E-state index in [4.69, 9.17) is 0 Å². The number of rotatable bonds is 4. The average Bonchev–Trinajstić information content (AvgIpc) is 1.83. The highest BCUT2D eigenvalue weighted by Crippen LogP contribution is 2.11. The van der Waals surface area contributed by atoms with Crippen molar-refractivity contribution in [1.29, 1.82) is 0 Å². The molecule has 0 aliphatic carbocycles. The maximum absolute atomic E-state index is 3.94. The van der Waals surface area contributed by atoms with Crippen LogP contribution in [0.15, 0.2) is 0 Å². The summed E-state index contributed by atoms with van der Waals surface area (Å²) in [5.41, 5.74) is 0. The molecular weight excluding hydrogens is 136 g/mol. The van der Waals surface area contributed by atoms with Gasteiger partial charge in [-0.25, -0.2) is 0 Å². The molecular formula is C6H13S2. The first-order valence-electron chi connectivity index (χ1n) is 2.66. The molecule has 8 heavy (non-hydrogen) atoms. The molecule has 0 saturated heterocycles. The SMILES string of the molecule is [CH2]C(CCSC)SC. The van der Waals surface area contributed by atoms with Crippen LogP contribution in [0.1, 0.15) is 6.42 Å². The van der Waals surface area contributed by atoms with Gasteiger partial charge in [0.05, 0.1) is 0 Å². The van der Waals surface area contributed by atoms with E-state index >= 15 is 0 Å². The second kappa shape index (κ2) is 5.83. The lowest BCUT2D eigenvalue weighted by molar-refractivity contribution is 0.992. The first-order valence-corrected chi connectivity index (χ1v) is 5.34. The smallest absolute Gasteiger partial charge is 0.00525 e. The van der Waals surface area contributed by atoms with Crippen molar-refractivity contribution in [1.82, 2.24) is 0 Å². The molecule has 0 rings (SSSR count). The van der Waals surface area contributed by atoms with Gasteiger partial charge in [-0.05, 0) is 31.6 Å². The van der Waals surface area contributed by atoms with Crippen LogP contribution in [0.3, 0.4) is 0 Å². The molecule has 0 bridgehead atoms. The topological polar surface area (TPSA) is 0 Å². The molecule has 0 aliphatic heterocycles.